The van der Waals surface area contributed by atoms with Crippen molar-refractivity contribution in [3.63, 3.8) is 0 Å². The molecule has 4 nitrogen and oxygen atoms in total. The molecule has 0 saturated carbocycles. The zero-order chi connectivity index (χ0) is 15.1. The van der Waals surface area contributed by atoms with E-state index in [4.69, 9.17) is 0 Å². The van der Waals surface area contributed by atoms with Crippen molar-refractivity contribution in [2.24, 2.45) is 0 Å². The van der Waals surface area contributed by atoms with E-state index in [1.807, 2.05) is 42.6 Å². The topological polar surface area (TPSA) is 66.8 Å². The third-order valence-electron chi connectivity index (χ3n) is 3.53. The summed E-state index contributed by atoms with van der Waals surface area (Å²) in [6.45, 7) is 2.62. The minimum Gasteiger partial charge on any atom is -1.00 e. The Kier molecular flexibility index (Phi) is 7.74. The number of aliphatic hydroxyl groups excluding tert-OH is 1. The van der Waals surface area contributed by atoms with Crippen LogP contribution < -0.4 is 17.7 Å². The SMILES string of the molecule is CC([NH2+]CCC(=O)c1cccnc1)C(O)c1ccccc1.[Cl-]. The molecule has 2 aromatic rings. The van der Waals surface area contributed by atoms with Gasteiger partial charge in [0.05, 0.1) is 13.0 Å². The minimum atomic E-state index is -0.528. The lowest BCUT2D eigenvalue weighted by Crippen LogP contribution is -3.00. The first-order chi connectivity index (χ1) is 10.2. The molecule has 1 aromatic heterocycles. The van der Waals surface area contributed by atoms with Gasteiger partial charge in [0, 0.05) is 18.0 Å². The number of benzene rings is 1. The van der Waals surface area contributed by atoms with Gasteiger partial charge in [0.1, 0.15) is 12.1 Å². The molecule has 0 fully saturated rings. The van der Waals surface area contributed by atoms with E-state index in [0.29, 0.717) is 18.5 Å². The molecule has 3 N–H and O–H groups in total. The molecule has 1 heterocycles. The fourth-order valence-electron chi connectivity index (χ4n) is 2.23. The molecule has 2 unspecified atom stereocenters. The van der Waals surface area contributed by atoms with Gasteiger partial charge in [-0.25, -0.2) is 0 Å². The number of carbonyl (C=O) groups excluding carboxylic acids is 1. The van der Waals surface area contributed by atoms with Crippen LogP contribution in [0.3, 0.4) is 0 Å². The van der Waals surface area contributed by atoms with Crippen molar-refractivity contribution in [1.29, 1.82) is 0 Å². The number of Topliss-reactive ketones (excluding diaryl/α,β-unsaturated/α-hetero) is 1. The van der Waals surface area contributed by atoms with E-state index in [9.17, 15) is 9.90 Å². The Balaban J connectivity index is 0.00000242. The number of nitrogens with two attached hydrogens (primary N) is 1. The minimum absolute atomic E-state index is 0. The second-order valence-electron chi connectivity index (χ2n) is 5.15. The van der Waals surface area contributed by atoms with Crippen LogP contribution in [0, 0.1) is 0 Å². The van der Waals surface area contributed by atoms with Gasteiger partial charge in [-0.2, -0.15) is 0 Å². The molecule has 0 aliphatic heterocycles. The molecule has 1 aromatic carbocycles. The molecule has 0 bridgehead atoms. The van der Waals surface area contributed by atoms with Gasteiger partial charge in [0.25, 0.3) is 0 Å². The molecule has 118 valence electrons. The summed E-state index contributed by atoms with van der Waals surface area (Å²) in [5.74, 6) is 0.0840. The van der Waals surface area contributed by atoms with Gasteiger partial charge in [-0.15, -0.1) is 0 Å². The summed E-state index contributed by atoms with van der Waals surface area (Å²) in [5.41, 5.74) is 1.54. The average Bonchev–Trinajstić information content (AvgIpc) is 2.55. The van der Waals surface area contributed by atoms with Crippen LogP contribution in [0.5, 0.6) is 0 Å². The highest BCUT2D eigenvalue weighted by molar-refractivity contribution is 5.95. The molecule has 0 saturated heterocycles. The van der Waals surface area contributed by atoms with Crippen LogP contribution in [0.25, 0.3) is 0 Å². The normalized spacial score (nSPS) is 13.0. The standard InChI is InChI=1S/C17H20N2O2.ClH/c1-13(17(21)14-6-3-2-4-7-14)19-11-9-16(20)15-8-5-10-18-12-15;/h2-8,10,12-13,17,19,21H,9,11H2,1H3;1H. The van der Waals surface area contributed by atoms with Crippen molar-refractivity contribution in [3.05, 3.63) is 66.0 Å². The van der Waals surface area contributed by atoms with Crippen LogP contribution >= 0.6 is 0 Å². The predicted octanol–water partition coefficient (Wildman–Crippen LogP) is -1.66. The van der Waals surface area contributed by atoms with Crippen molar-refractivity contribution in [1.82, 2.24) is 4.98 Å². The molecule has 5 heteroatoms. The van der Waals surface area contributed by atoms with Crippen molar-refractivity contribution in [3.8, 4) is 0 Å². The summed E-state index contributed by atoms with van der Waals surface area (Å²) in [5, 5.41) is 12.3. The lowest BCUT2D eigenvalue weighted by atomic mass is 10.0. The molecule has 0 aliphatic rings. The van der Waals surface area contributed by atoms with Gasteiger partial charge in [0.15, 0.2) is 5.78 Å². The largest absolute Gasteiger partial charge is 1.00 e. The van der Waals surface area contributed by atoms with Crippen LogP contribution in [0.2, 0.25) is 0 Å². The molecule has 22 heavy (non-hydrogen) atoms. The number of hydrogen-bond donors (Lipinski definition) is 2. The zero-order valence-electron chi connectivity index (χ0n) is 12.5. The molecule has 0 spiro atoms. The van der Waals surface area contributed by atoms with Gasteiger partial charge in [-0.05, 0) is 24.6 Å². The summed E-state index contributed by atoms with van der Waals surface area (Å²) in [6.07, 6.45) is 3.16. The highest BCUT2D eigenvalue weighted by atomic mass is 35.5. The summed E-state index contributed by atoms with van der Waals surface area (Å²) in [4.78, 5) is 15.9. The Morgan fingerprint density at radius 2 is 1.95 bits per heavy atom. The Hall–Kier alpha value is -1.75. The Morgan fingerprint density at radius 3 is 2.59 bits per heavy atom. The predicted molar refractivity (Wildman–Crippen MR) is 80.8 cm³/mol. The fourth-order valence-corrected chi connectivity index (χ4v) is 2.23. The monoisotopic (exact) mass is 320 g/mol. The molecule has 2 atom stereocenters. The summed E-state index contributed by atoms with van der Waals surface area (Å²) in [6, 6.07) is 13.1. The first-order valence-corrected chi connectivity index (χ1v) is 7.18. The third kappa shape index (κ3) is 5.22. The third-order valence-corrected chi connectivity index (χ3v) is 3.53. The smallest absolute Gasteiger partial charge is 0.170 e. The first-order valence-electron chi connectivity index (χ1n) is 7.18. The summed E-state index contributed by atoms with van der Waals surface area (Å²) >= 11 is 0. The molecule has 0 amide bonds. The Bertz CT molecular complexity index is 563. The second-order valence-corrected chi connectivity index (χ2v) is 5.15. The Morgan fingerprint density at radius 1 is 1.23 bits per heavy atom. The fraction of sp³-hybridized carbons (Fsp3) is 0.294. The van der Waals surface area contributed by atoms with E-state index in [1.54, 1.807) is 24.5 Å². The van der Waals surface area contributed by atoms with Crippen molar-refractivity contribution in [2.45, 2.75) is 25.5 Å². The maximum absolute atomic E-state index is 11.9. The number of aliphatic hydroxyl groups is 1. The van der Waals surface area contributed by atoms with Crippen LogP contribution in [0.15, 0.2) is 54.9 Å². The number of rotatable bonds is 7. The number of quaternary nitrogens is 1. The van der Waals surface area contributed by atoms with Gasteiger partial charge >= 0.3 is 0 Å². The van der Waals surface area contributed by atoms with E-state index in [2.05, 4.69) is 4.98 Å². The van der Waals surface area contributed by atoms with Crippen LogP contribution in [0.4, 0.5) is 0 Å². The van der Waals surface area contributed by atoms with Crippen LogP contribution in [-0.4, -0.2) is 28.5 Å². The second kappa shape index (κ2) is 9.30. The van der Waals surface area contributed by atoms with E-state index in [-0.39, 0.29) is 24.2 Å². The molecular weight excluding hydrogens is 300 g/mol. The highest BCUT2D eigenvalue weighted by Gasteiger charge is 2.19. The number of aromatic nitrogens is 1. The number of hydrogen-bond acceptors (Lipinski definition) is 3. The molecule has 0 aliphatic carbocycles. The highest BCUT2D eigenvalue weighted by Crippen LogP contribution is 2.13. The summed E-state index contributed by atoms with van der Waals surface area (Å²) < 4.78 is 0. The maximum atomic E-state index is 11.9. The van der Waals surface area contributed by atoms with E-state index in [0.717, 1.165) is 5.56 Å². The number of nitrogens with zero attached hydrogens (tertiary/aromatic N) is 1. The number of ketones is 1. The van der Waals surface area contributed by atoms with Gasteiger partial charge in [-0.3, -0.25) is 9.78 Å². The van der Waals surface area contributed by atoms with E-state index < -0.39 is 6.10 Å². The van der Waals surface area contributed by atoms with E-state index >= 15 is 0 Å². The van der Waals surface area contributed by atoms with Crippen molar-refractivity contribution < 1.29 is 27.6 Å². The number of halogens is 1. The zero-order valence-corrected chi connectivity index (χ0v) is 13.3. The number of pyridine rings is 1. The maximum Gasteiger partial charge on any atom is 0.170 e. The van der Waals surface area contributed by atoms with Gasteiger partial charge in [-0.1, -0.05) is 30.3 Å². The van der Waals surface area contributed by atoms with E-state index in [1.165, 1.54) is 0 Å². The average molecular weight is 321 g/mol. The lowest BCUT2D eigenvalue weighted by Gasteiger charge is -2.17. The van der Waals surface area contributed by atoms with Crippen molar-refractivity contribution >= 4 is 5.78 Å². The number of carbonyl (C=O) groups is 1. The van der Waals surface area contributed by atoms with Crippen LogP contribution in [0.1, 0.15) is 35.4 Å². The van der Waals surface area contributed by atoms with Gasteiger partial charge < -0.3 is 22.8 Å². The molecule has 0 radical (unpaired) electrons. The first kappa shape index (κ1) is 18.3. The van der Waals surface area contributed by atoms with Crippen LogP contribution in [-0.2, 0) is 0 Å². The Labute approximate surface area is 137 Å². The lowest BCUT2D eigenvalue weighted by molar-refractivity contribution is -0.693. The summed E-state index contributed by atoms with van der Waals surface area (Å²) in [7, 11) is 0. The molecule has 2 rings (SSSR count). The van der Waals surface area contributed by atoms with Crippen molar-refractivity contribution in [2.75, 3.05) is 6.54 Å². The quantitative estimate of drug-likeness (QED) is 0.600. The molecular formula is C17H21ClN2O2. The van der Waals surface area contributed by atoms with Gasteiger partial charge in [0.2, 0.25) is 0 Å².